The van der Waals surface area contributed by atoms with Crippen LogP contribution in [-0.2, 0) is 9.53 Å². The Labute approximate surface area is 139 Å². The molecular weight excluding hydrogens is 312 g/mol. The van der Waals surface area contributed by atoms with Gasteiger partial charge >= 0.3 is 0 Å². The van der Waals surface area contributed by atoms with Crippen molar-refractivity contribution in [3.8, 4) is 11.3 Å². The molecule has 2 aromatic rings. The molecule has 1 aliphatic heterocycles. The molecule has 1 fully saturated rings. The Balaban J connectivity index is 1.45. The molecule has 0 saturated carbocycles. The third-order valence-corrected chi connectivity index (χ3v) is 4.42. The number of hydrogen-bond acceptors (Lipinski definition) is 6. The van der Waals surface area contributed by atoms with Gasteiger partial charge < -0.3 is 10.1 Å². The number of amides is 1. The van der Waals surface area contributed by atoms with Crippen molar-refractivity contribution in [2.45, 2.75) is 24.0 Å². The van der Waals surface area contributed by atoms with Gasteiger partial charge in [0.15, 0.2) is 0 Å². The zero-order chi connectivity index (χ0) is 15.9. The summed E-state index contributed by atoms with van der Waals surface area (Å²) < 4.78 is 5.47. The molecule has 0 radical (unpaired) electrons. The second-order valence-corrected chi connectivity index (χ2v) is 6.22. The SMILES string of the molecule is O=C(CSc1ccc(-c2cccnc2)nn1)NC[C@H]1CCCO1. The number of carbonyl (C=O) groups is 1. The normalized spacial score (nSPS) is 17.1. The quantitative estimate of drug-likeness (QED) is 0.816. The summed E-state index contributed by atoms with van der Waals surface area (Å²) in [5.41, 5.74) is 1.69. The Hall–Kier alpha value is -1.99. The fourth-order valence-corrected chi connectivity index (χ4v) is 2.93. The monoisotopic (exact) mass is 330 g/mol. The Bertz CT molecular complexity index is 630. The van der Waals surface area contributed by atoms with Crippen molar-refractivity contribution in [3.05, 3.63) is 36.7 Å². The summed E-state index contributed by atoms with van der Waals surface area (Å²) in [5, 5.41) is 11.9. The van der Waals surface area contributed by atoms with Crippen LogP contribution in [0.25, 0.3) is 11.3 Å². The van der Waals surface area contributed by atoms with E-state index in [2.05, 4.69) is 20.5 Å². The number of pyridine rings is 1. The minimum absolute atomic E-state index is 0.0105. The molecular formula is C16H18N4O2S. The summed E-state index contributed by atoms with van der Waals surface area (Å²) in [6, 6.07) is 7.55. The molecule has 1 N–H and O–H groups in total. The Morgan fingerprint density at radius 2 is 2.30 bits per heavy atom. The Kier molecular flexibility index (Phi) is 5.55. The molecule has 1 saturated heterocycles. The molecule has 3 heterocycles. The van der Waals surface area contributed by atoms with Gasteiger partial charge in [-0.25, -0.2) is 0 Å². The van der Waals surface area contributed by atoms with E-state index in [4.69, 9.17) is 4.74 Å². The summed E-state index contributed by atoms with van der Waals surface area (Å²) in [4.78, 5) is 15.9. The van der Waals surface area contributed by atoms with E-state index in [1.165, 1.54) is 11.8 Å². The number of nitrogens with zero attached hydrogens (tertiary/aromatic N) is 3. The molecule has 1 atom stereocenters. The maximum absolute atomic E-state index is 11.8. The third kappa shape index (κ3) is 4.74. The molecule has 0 bridgehead atoms. The molecule has 7 heteroatoms. The zero-order valence-corrected chi connectivity index (χ0v) is 13.5. The maximum Gasteiger partial charge on any atom is 0.230 e. The number of hydrogen-bond donors (Lipinski definition) is 1. The van der Waals surface area contributed by atoms with Gasteiger partial charge in [-0.2, -0.15) is 0 Å². The molecule has 0 spiro atoms. The third-order valence-electron chi connectivity index (χ3n) is 3.50. The van der Waals surface area contributed by atoms with Crippen molar-refractivity contribution in [1.29, 1.82) is 0 Å². The van der Waals surface area contributed by atoms with Gasteiger partial charge in [0.05, 0.1) is 17.6 Å². The topological polar surface area (TPSA) is 77.0 Å². The van der Waals surface area contributed by atoms with Gasteiger partial charge in [-0.15, -0.1) is 10.2 Å². The van der Waals surface area contributed by atoms with Crippen molar-refractivity contribution in [2.75, 3.05) is 18.9 Å². The highest BCUT2D eigenvalue weighted by Gasteiger charge is 2.16. The van der Waals surface area contributed by atoms with E-state index in [0.29, 0.717) is 12.3 Å². The Morgan fingerprint density at radius 1 is 1.35 bits per heavy atom. The van der Waals surface area contributed by atoms with E-state index >= 15 is 0 Å². The lowest BCUT2D eigenvalue weighted by Crippen LogP contribution is -2.32. The molecule has 2 aromatic heterocycles. The second-order valence-electron chi connectivity index (χ2n) is 5.23. The minimum atomic E-state index is -0.0105. The number of aromatic nitrogens is 3. The number of ether oxygens (including phenoxy) is 1. The summed E-state index contributed by atoms with van der Waals surface area (Å²) in [6.45, 7) is 1.39. The summed E-state index contributed by atoms with van der Waals surface area (Å²) >= 11 is 1.37. The van der Waals surface area contributed by atoms with Gasteiger partial charge in [0.1, 0.15) is 5.03 Å². The number of rotatable bonds is 6. The predicted octanol–water partition coefficient (Wildman–Crippen LogP) is 1.93. The van der Waals surface area contributed by atoms with Crippen molar-refractivity contribution >= 4 is 17.7 Å². The van der Waals surface area contributed by atoms with Gasteiger partial charge in [-0.05, 0) is 37.1 Å². The largest absolute Gasteiger partial charge is 0.376 e. The molecule has 6 nitrogen and oxygen atoms in total. The Morgan fingerprint density at radius 3 is 3.00 bits per heavy atom. The fraction of sp³-hybridized carbons (Fsp3) is 0.375. The smallest absolute Gasteiger partial charge is 0.230 e. The summed E-state index contributed by atoms with van der Waals surface area (Å²) in [7, 11) is 0. The van der Waals surface area contributed by atoms with Crippen molar-refractivity contribution in [2.24, 2.45) is 0 Å². The summed E-state index contributed by atoms with van der Waals surface area (Å²) in [6.07, 6.45) is 5.73. The van der Waals surface area contributed by atoms with Crippen LogP contribution in [0.3, 0.4) is 0 Å². The van der Waals surface area contributed by atoms with Crippen LogP contribution in [0.4, 0.5) is 0 Å². The predicted molar refractivity (Wildman–Crippen MR) is 88.0 cm³/mol. The van der Waals surface area contributed by atoms with E-state index in [0.717, 1.165) is 35.7 Å². The second kappa shape index (κ2) is 8.03. The van der Waals surface area contributed by atoms with Gasteiger partial charge in [-0.1, -0.05) is 11.8 Å². The van der Waals surface area contributed by atoms with Gasteiger partial charge in [0.25, 0.3) is 0 Å². The molecule has 0 unspecified atom stereocenters. The first-order chi connectivity index (χ1) is 11.3. The lowest BCUT2D eigenvalue weighted by atomic mass is 10.2. The highest BCUT2D eigenvalue weighted by molar-refractivity contribution is 7.99. The van der Waals surface area contributed by atoms with Crippen LogP contribution < -0.4 is 5.32 Å². The van der Waals surface area contributed by atoms with Crippen molar-refractivity contribution < 1.29 is 9.53 Å². The van der Waals surface area contributed by atoms with Crippen LogP contribution >= 0.6 is 11.8 Å². The van der Waals surface area contributed by atoms with Crippen LogP contribution in [0.1, 0.15) is 12.8 Å². The number of nitrogens with one attached hydrogen (secondary N) is 1. The van der Waals surface area contributed by atoms with Crippen LogP contribution in [0.15, 0.2) is 41.7 Å². The maximum atomic E-state index is 11.8. The number of thioether (sulfide) groups is 1. The van der Waals surface area contributed by atoms with Gasteiger partial charge in [0.2, 0.25) is 5.91 Å². The van der Waals surface area contributed by atoms with E-state index < -0.39 is 0 Å². The van der Waals surface area contributed by atoms with Crippen molar-refractivity contribution in [1.82, 2.24) is 20.5 Å². The summed E-state index contributed by atoms with van der Waals surface area (Å²) in [5.74, 6) is 0.317. The molecule has 23 heavy (non-hydrogen) atoms. The first-order valence-electron chi connectivity index (χ1n) is 7.56. The van der Waals surface area contributed by atoms with Crippen LogP contribution in [-0.4, -0.2) is 46.1 Å². The highest BCUT2D eigenvalue weighted by Crippen LogP contribution is 2.18. The molecule has 120 valence electrons. The van der Waals surface area contributed by atoms with Gasteiger partial charge in [-0.3, -0.25) is 9.78 Å². The fourth-order valence-electron chi connectivity index (χ4n) is 2.29. The van der Waals surface area contributed by atoms with Crippen LogP contribution in [0.2, 0.25) is 0 Å². The van der Waals surface area contributed by atoms with Crippen LogP contribution in [0, 0.1) is 0 Å². The van der Waals surface area contributed by atoms with Gasteiger partial charge in [0, 0.05) is 31.1 Å². The standard InChI is InChI=1S/C16H18N4O2S/c21-15(18-10-13-4-2-8-22-13)11-23-16-6-5-14(19-20-16)12-3-1-7-17-9-12/h1,3,5-7,9,13H,2,4,8,10-11H2,(H,18,21)/t13-/m1/s1. The lowest BCUT2D eigenvalue weighted by Gasteiger charge is -2.10. The van der Waals surface area contributed by atoms with E-state index in [1.54, 1.807) is 12.4 Å². The molecule has 3 rings (SSSR count). The molecule has 0 aliphatic carbocycles. The average molecular weight is 330 g/mol. The molecule has 1 amide bonds. The van der Waals surface area contributed by atoms with E-state index in [-0.39, 0.29) is 12.0 Å². The van der Waals surface area contributed by atoms with E-state index in [1.807, 2.05) is 24.3 Å². The molecule has 1 aliphatic rings. The number of carbonyl (C=O) groups excluding carboxylic acids is 1. The minimum Gasteiger partial charge on any atom is -0.376 e. The van der Waals surface area contributed by atoms with Crippen LogP contribution in [0.5, 0.6) is 0 Å². The van der Waals surface area contributed by atoms with Crippen molar-refractivity contribution in [3.63, 3.8) is 0 Å². The lowest BCUT2D eigenvalue weighted by molar-refractivity contribution is -0.119. The highest BCUT2D eigenvalue weighted by atomic mass is 32.2. The first kappa shape index (κ1) is 15.9. The zero-order valence-electron chi connectivity index (χ0n) is 12.6. The molecule has 0 aromatic carbocycles. The first-order valence-corrected chi connectivity index (χ1v) is 8.55. The van der Waals surface area contributed by atoms with E-state index in [9.17, 15) is 4.79 Å². The average Bonchev–Trinajstić information content (AvgIpc) is 3.13.